The van der Waals surface area contributed by atoms with E-state index in [-0.39, 0.29) is 5.78 Å². The largest absolute Gasteiger partial charge is 0.398 e. The van der Waals surface area contributed by atoms with E-state index in [4.69, 9.17) is 5.73 Å². The van der Waals surface area contributed by atoms with E-state index in [9.17, 15) is 4.79 Å². The van der Waals surface area contributed by atoms with Crippen LogP contribution in [0.1, 0.15) is 46.1 Å². The summed E-state index contributed by atoms with van der Waals surface area (Å²) < 4.78 is 0. The Morgan fingerprint density at radius 1 is 1.12 bits per heavy atom. The third kappa shape index (κ3) is 6.87. The van der Waals surface area contributed by atoms with Gasteiger partial charge in [0, 0.05) is 11.3 Å². The molecule has 2 N–H and O–H groups in total. The van der Waals surface area contributed by atoms with Gasteiger partial charge in [0.2, 0.25) is 0 Å². The standard InChI is InChI=1S/C20H28N2O.C2H6/c1-3-18(19(21)4-2)20(23)15-22-12-10-17(11-13-22)14-16-8-6-5-7-9-16;1-2/h3-9,17H,10-15,21H2,1-2H3;1-2H3/b18-3+,19-4+;. The van der Waals surface area contributed by atoms with E-state index in [1.807, 2.05) is 33.8 Å². The molecule has 1 aromatic rings. The fraction of sp³-hybridized carbons (Fsp3) is 0.500. The second-order valence-electron chi connectivity index (χ2n) is 6.28. The van der Waals surface area contributed by atoms with Crippen molar-refractivity contribution in [3.05, 3.63) is 59.3 Å². The molecule has 3 heteroatoms. The monoisotopic (exact) mass is 342 g/mol. The molecule has 0 bridgehead atoms. The quantitative estimate of drug-likeness (QED) is 0.618. The maximum absolute atomic E-state index is 12.4. The summed E-state index contributed by atoms with van der Waals surface area (Å²) in [7, 11) is 0. The molecule has 0 saturated carbocycles. The number of benzene rings is 1. The van der Waals surface area contributed by atoms with Gasteiger partial charge < -0.3 is 5.73 Å². The fourth-order valence-electron chi connectivity index (χ4n) is 3.23. The van der Waals surface area contributed by atoms with Crippen LogP contribution >= 0.6 is 0 Å². The molecule has 0 radical (unpaired) electrons. The highest BCUT2D eigenvalue weighted by Gasteiger charge is 2.22. The number of hydrogen-bond donors (Lipinski definition) is 1. The lowest BCUT2D eigenvalue weighted by Crippen LogP contribution is -2.38. The van der Waals surface area contributed by atoms with Gasteiger partial charge in [0.05, 0.1) is 6.54 Å². The Bertz CT molecular complexity index is 567. The topological polar surface area (TPSA) is 46.3 Å². The van der Waals surface area contributed by atoms with Gasteiger partial charge in [-0.15, -0.1) is 0 Å². The second-order valence-corrected chi connectivity index (χ2v) is 6.28. The minimum atomic E-state index is 0.129. The molecule has 0 aliphatic carbocycles. The van der Waals surface area contributed by atoms with Crippen molar-refractivity contribution in [3.8, 4) is 0 Å². The smallest absolute Gasteiger partial charge is 0.178 e. The van der Waals surface area contributed by atoms with E-state index in [0.29, 0.717) is 17.8 Å². The molecular weight excluding hydrogens is 308 g/mol. The van der Waals surface area contributed by atoms with Crippen LogP contribution in [0, 0.1) is 5.92 Å². The summed E-state index contributed by atoms with van der Waals surface area (Å²) in [5, 5.41) is 0. The molecule has 3 nitrogen and oxygen atoms in total. The van der Waals surface area contributed by atoms with E-state index >= 15 is 0 Å². The minimum Gasteiger partial charge on any atom is -0.398 e. The number of carbonyl (C=O) groups excluding carboxylic acids is 1. The number of nitrogens with two attached hydrogens (primary N) is 1. The van der Waals surface area contributed by atoms with Crippen molar-refractivity contribution in [1.29, 1.82) is 0 Å². The highest BCUT2D eigenvalue weighted by molar-refractivity contribution is 6.00. The third-order valence-corrected chi connectivity index (χ3v) is 4.65. The van der Waals surface area contributed by atoms with E-state index in [1.165, 1.54) is 5.56 Å². The van der Waals surface area contributed by atoms with Crippen molar-refractivity contribution >= 4 is 5.78 Å². The lowest BCUT2D eigenvalue weighted by molar-refractivity contribution is -0.116. The normalized spacial score (nSPS) is 17.0. The van der Waals surface area contributed by atoms with Gasteiger partial charge in [0.15, 0.2) is 5.78 Å². The average Bonchev–Trinajstić information content (AvgIpc) is 2.66. The molecule has 0 spiro atoms. The van der Waals surface area contributed by atoms with Crippen LogP contribution in [0.3, 0.4) is 0 Å². The Labute approximate surface area is 153 Å². The van der Waals surface area contributed by atoms with E-state index < -0.39 is 0 Å². The van der Waals surface area contributed by atoms with Gasteiger partial charge in [-0.1, -0.05) is 56.3 Å². The van der Waals surface area contributed by atoms with E-state index in [0.717, 1.165) is 38.3 Å². The predicted molar refractivity (Wildman–Crippen MR) is 107 cm³/mol. The number of Topliss-reactive ketones (excluding diaryl/α,β-unsaturated/α-hetero) is 1. The summed E-state index contributed by atoms with van der Waals surface area (Å²) in [6, 6.07) is 10.7. The highest BCUT2D eigenvalue weighted by Crippen LogP contribution is 2.22. The van der Waals surface area contributed by atoms with Gasteiger partial charge in [-0.2, -0.15) is 0 Å². The summed E-state index contributed by atoms with van der Waals surface area (Å²) in [6.07, 6.45) is 7.08. The van der Waals surface area contributed by atoms with Crippen LogP contribution in [-0.4, -0.2) is 30.3 Å². The molecule has 138 valence electrons. The molecule has 0 aromatic heterocycles. The molecule has 0 amide bonds. The molecule has 1 saturated heterocycles. The average molecular weight is 343 g/mol. The number of ketones is 1. The van der Waals surface area contributed by atoms with Crippen LogP contribution in [0.2, 0.25) is 0 Å². The first-order valence-corrected chi connectivity index (χ1v) is 9.52. The second kappa shape index (κ2) is 11.6. The zero-order valence-electron chi connectivity index (χ0n) is 16.3. The van der Waals surface area contributed by atoms with Crippen molar-refractivity contribution < 1.29 is 4.79 Å². The Morgan fingerprint density at radius 3 is 2.24 bits per heavy atom. The summed E-state index contributed by atoms with van der Waals surface area (Å²) >= 11 is 0. The van der Waals surface area contributed by atoms with Crippen LogP contribution in [0.5, 0.6) is 0 Å². The SMILES string of the molecule is C/C=C(N)\C(=C/C)C(=O)CN1CCC(Cc2ccccc2)CC1.CC. The molecule has 1 aliphatic heterocycles. The highest BCUT2D eigenvalue weighted by atomic mass is 16.1. The van der Waals surface area contributed by atoms with Gasteiger partial charge in [-0.05, 0) is 57.7 Å². The molecule has 1 aliphatic rings. The van der Waals surface area contributed by atoms with Crippen molar-refractivity contribution in [3.63, 3.8) is 0 Å². The number of carbonyl (C=O) groups is 1. The number of hydrogen-bond acceptors (Lipinski definition) is 3. The molecule has 0 unspecified atom stereocenters. The van der Waals surface area contributed by atoms with Gasteiger partial charge >= 0.3 is 0 Å². The Hall–Kier alpha value is -1.87. The Kier molecular flexibility index (Phi) is 9.86. The lowest BCUT2D eigenvalue weighted by Gasteiger charge is -2.31. The lowest BCUT2D eigenvalue weighted by atomic mass is 9.90. The van der Waals surface area contributed by atoms with Crippen LogP contribution < -0.4 is 5.73 Å². The zero-order valence-corrected chi connectivity index (χ0v) is 16.3. The number of rotatable bonds is 6. The first kappa shape index (κ1) is 21.2. The number of piperidine rings is 1. The maximum Gasteiger partial charge on any atom is 0.178 e. The van der Waals surface area contributed by atoms with Crippen LogP contribution in [0.15, 0.2) is 53.8 Å². The maximum atomic E-state index is 12.4. The van der Waals surface area contributed by atoms with Gasteiger partial charge in [0.1, 0.15) is 0 Å². The molecule has 1 heterocycles. The van der Waals surface area contributed by atoms with Crippen LogP contribution in [0.25, 0.3) is 0 Å². The van der Waals surface area contributed by atoms with Gasteiger partial charge in [-0.25, -0.2) is 0 Å². The summed E-state index contributed by atoms with van der Waals surface area (Å²) in [5.41, 5.74) is 8.54. The molecule has 25 heavy (non-hydrogen) atoms. The Balaban J connectivity index is 0.00000151. The molecule has 1 aromatic carbocycles. The molecule has 2 rings (SSSR count). The minimum absolute atomic E-state index is 0.129. The summed E-state index contributed by atoms with van der Waals surface area (Å²) in [4.78, 5) is 14.6. The van der Waals surface area contributed by atoms with E-state index in [2.05, 4.69) is 35.2 Å². The first-order valence-electron chi connectivity index (χ1n) is 9.52. The molecule has 0 atom stereocenters. The van der Waals surface area contributed by atoms with Crippen molar-refractivity contribution in [1.82, 2.24) is 4.90 Å². The number of likely N-dealkylation sites (tertiary alicyclic amines) is 1. The van der Waals surface area contributed by atoms with Crippen molar-refractivity contribution in [2.45, 2.75) is 47.0 Å². The first-order chi connectivity index (χ1) is 12.1. The predicted octanol–water partition coefficient (Wildman–Crippen LogP) is 4.35. The third-order valence-electron chi connectivity index (χ3n) is 4.65. The van der Waals surface area contributed by atoms with Gasteiger partial charge in [-0.3, -0.25) is 9.69 Å². The van der Waals surface area contributed by atoms with Crippen LogP contribution in [-0.2, 0) is 11.2 Å². The summed E-state index contributed by atoms with van der Waals surface area (Å²) in [6.45, 7) is 10.2. The van der Waals surface area contributed by atoms with Crippen molar-refractivity contribution in [2.75, 3.05) is 19.6 Å². The summed E-state index contributed by atoms with van der Waals surface area (Å²) in [5.74, 6) is 0.857. The zero-order chi connectivity index (χ0) is 18.7. The van der Waals surface area contributed by atoms with Crippen LogP contribution in [0.4, 0.5) is 0 Å². The molecular formula is C22H34N2O. The Morgan fingerprint density at radius 2 is 1.72 bits per heavy atom. The molecule has 1 fully saturated rings. The fourth-order valence-corrected chi connectivity index (χ4v) is 3.23. The van der Waals surface area contributed by atoms with Crippen molar-refractivity contribution in [2.24, 2.45) is 11.7 Å². The number of nitrogens with zero attached hydrogens (tertiary/aromatic N) is 1. The van der Waals surface area contributed by atoms with Gasteiger partial charge in [0.25, 0.3) is 0 Å². The number of allylic oxidation sites excluding steroid dienone is 3. The van der Waals surface area contributed by atoms with E-state index in [1.54, 1.807) is 6.08 Å².